The SMILES string of the molecule is O=C1CC=C[C@H]2CCCCN12. The molecule has 1 saturated heterocycles. The molecule has 0 saturated carbocycles. The molecule has 60 valence electrons. The van der Waals surface area contributed by atoms with Gasteiger partial charge in [0, 0.05) is 19.0 Å². The number of hydrogen-bond donors (Lipinski definition) is 0. The van der Waals surface area contributed by atoms with Crippen LogP contribution in [0.5, 0.6) is 0 Å². The molecule has 1 atom stereocenters. The molecule has 2 aliphatic rings. The van der Waals surface area contributed by atoms with Crippen LogP contribution in [0.1, 0.15) is 25.7 Å². The summed E-state index contributed by atoms with van der Waals surface area (Å²) in [6, 6.07) is 0.435. The van der Waals surface area contributed by atoms with Crippen molar-refractivity contribution in [2.75, 3.05) is 6.54 Å². The molecule has 0 N–H and O–H groups in total. The second-order valence-electron chi connectivity index (χ2n) is 3.28. The summed E-state index contributed by atoms with van der Waals surface area (Å²) in [6.07, 6.45) is 8.45. The minimum Gasteiger partial charge on any atom is -0.336 e. The first kappa shape index (κ1) is 6.89. The molecule has 0 spiro atoms. The molecule has 0 bridgehead atoms. The van der Waals surface area contributed by atoms with Crippen LogP contribution < -0.4 is 0 Å². The Bertz CT molecular complexity index is 198. The Labute approximate surface area is 66.9 Å². The minimum absolute atomic E-state index is 0.317. The van der Waals surface area contributed by atoms with Gasteiger partial charge < -0.3 is 4.90 Å². The summed E-state index contributed by atoms with van der Waals surface area (Å²) in [5.41, 5.74) is 0. The molecule has 0 radical (unpaired) electrons. The van der Waals surface area contributed by atoms with E-state index in [0.29, 0.717) is 18.4 Å². The number of carbonyl (C=O) groups is 1. The quantitative estimate of drug-likeness (QED) is 0.478. The summed E-state index contributed by atoms with van der Waals surface area (Å²) in [5, 5.41) is 0. The van der Waals surface area contributed by atoms with Crippen molar-refractivity contribution in [2.24, 2.45) is 0 Å². The van der Waals surface area contributed by atoms with Gasteiger partial charge in [-0.3, -0.25) is 4.79 Å². The maximum absolute atomic E-state index is 11.3. The first-order chi connectivity index (χ1) is 5.38. The van der Waals surface area contributed by atoms with E-state index in [2.05, 4.69) is 6.08 Å². The van der Waals surface area contributed by atoms with Gasteiger partial charge in [-0.2, -0.15) is 0 Å². The van der Waals surface area contributed by atoms with E-state index in [9.17, 15) is 4.79 Å². The van der Waals surface area contributed by atoms with Crippen molar-refractivity contribution in [3.8, 4) is 0 Å². The van der Waals surface area contributed by atoms with Crippen LogP contribution >= 0.6 is 0 Å². The van der Waals surface area contributed by atoms with Crippen LogP contribution in [-0.2, 0) is 4.79 Å². The van der Waals surface area contributed by atoms with E-state index in [0.717, 1.165) is 6.54 Å². The highest BCUT2D eigenvalue weighted by Crippen LogP contribution is 2.21. The predicted molar refractivity (Wildman–Crippen MR) is 43.1 cm³/mol. The van der Waals surface area contributed by atoms with Crippen LogP contribution in [0.3, 0.4) is 0 Å². The highest BCUT2D eigenvalue weighted by Gasteiger charge is 2.26. The fraction of sp³-hybridized carbons (Fsp3) is 0.667. The first-order valence-corrected chi connectivity index (χ1v) is 4.34. The summed E-state index contributed by atoms with van der Waals surface area (Å²) in [5.74, 6) is 0.317. The van der Waals surface area contributed by atoms with Crippen LogP contribution in [-0.4, -0.2) is 23.4 Å². The second kappa shape index (κ2) is 2.68. The lowest BCUT2D eigenvalue weighted by atomic mass is 9.98. The van der Waals surface area contributed by atoms with E-state index in [1.807, 2.05) is 11.0 Å². The van der Waals surface area contributed by atoms with E-state index in [-0.39, 0.29) is 0 Å². The van der Waals surface area contributed by atoms with E-state index < -0.39 is 0 Å². The van der Waals surface area contributed by atoms with Crippen LogP contribution in [0.15, 0.2) is 12.2 Å². The number of fused-ring (bicyclic) bond motifs is 1. The Balaban J connectivity index is 2.15. The van der Waals surface area contributed by atoms with E-state index in [4.69, 9.17) is 0 Å². The summed E-state index contributed by atoms with van der Waals surface area (Å²) in [6.45, 7) is 0.980. The zero-order valence-electron chi connectivity index (χ0n) is 6.62. The normalized spacial score (nSPS) is 30.4. The summed E-state index contributed by atoms with van der Waals surface area (Å²) in [7, 11) is 0. The number of hydrogen-bond acceptors (Lipinski definition) is 1. The van der Waals surface area contributed by atoms with Gasteiger partial charge in [0.05, 0.1) is 0 Å². The first-order valence-electron chi connectivity index (χ1n) is 4.34. The highest BCUT2D eigenvalue weighted by molar-refractivity contribution is 5.79. The van der Waals surface area contributed by atoms with Crippen LogP contribution in [0.25, 0.3) is 0 Å². The Morgan fingerprint density at radius 3 is 3.18 bits per heavy atom. The molecular weight excluding hydrogens is 138 g/mol. The molecular formula is C9H13NO. The molecule has 0 aromatic carbocycles. The van der Waals surface area contributed by atoms with Gasteiger partial charge in [0.2, 0.25) is 5.91 Å². The maximum atomic E-state index is 11.3. The van der Waals surface area contributed by atoms with Crippen molar-refractivity contribution >= 4 is 5.91 Å². The Kier molecular flexibility index (Phi) is 1.68. The molecule has 0 unspecified atom stereocenters. The van der Waals surface area contributed by atoms with Gasteiger partial charge in [0.1, 0.15) is 0 Å². The number of carbonyl (C=O) groups excluding carboxylic acids is 1. The molecule has 2 rings (SSSR count). The van der Waals surface area contributed by atoms with E-state index in [1.54, 1.807) is 0 Å². The average molecular weight is 151 g/mol. The third-order valence-electron chi connectivity index (χ3n) is 2.52. The zero-order chi connectivity index (χ0) is 7.68. The zero-order valence-corrected chi connectivity index (χ0v) is 6.62. The highest BCUT2D eigenvalue weighted by atomic mass is 16.2. The van der Waals surface area contributed by atoms with Crippen molar-refractivity contribution in [3.63, 3.8) is 0 Å². The van der Waals surface area contributed by atoms with E-state index >= 15 is 0 Å². The number of piperidine rings is 1. The minimum atomic E-state index is 0.317. The molecule has 2 heteroatoms. The Morgan fingerprint density at radius 1 is 1.45 bits per heavy atom. The fourth-order valence-corrected chi connectivity index (χ4v) is 1.91. The summed E-state index contributed by atoms with van der Waals surface area (Å²) >= 11 is 0. The predicted octanol–water partition coefficient (Wildman–Crippen LogP) is 1.33. The maximum Gasteiger partial charge on any atom is 0.226 e. The Hall–Kier alpha value is -0.790. The van der Waals surface area contributed by atoms with Crippen molar-refractivity contribution in [2.45, 2.75) is 31.7 Å². The van der Waals surface area contributed by atoms with Gasteiger partial charge in [0.25, 0.3) is 0 Å². The van der Waals surface area contributed by atoms with Crippen LogP contribution in [0.4, 0.5) is 0 Å². The van der Waals surface area contributed by atoms with Gasteiger partial charge in [-0.1, -0.05) is 12.2 Å². The molecule has 0 aliphatic carbocycles. The summed E-state index contributed by atoms with van der Waals surface area (Å²) < 4.78 is 0. The van der Waals surface area contributed by atoms with E-state index in [1.165, 1.54) is 19.3 Å². The average Bonchev–Trinajstić information content (AvgIpc) is 2.06. The third kappa shape index (κ3) is 1.17. The van der Waals surface area contributed by atoms with Crippen molar-refractivity contribution in [3.05, 3.63) is 12.2 Å². The lowest BCUT2D eigenvalue weighted by molar-refractivity contribution is -0.133. The number of nitrogens with zero attached hydrogens (tertiary/aromatic N) is 1. The summed E-state index contributed by atoms with van der Waals surface area (Å²) in [4.78, 5) is 13.3. The molecule has 11 heavy (non-hydrogen) atoms. The largest absolute Gasteiger partial charge is 0.336 e. The standard InChI is InChI=1S/C9H13NO/c11-9-6-3-5-8-4-1-2-7-10(8)9/h3,5,8H,1-2,4,6-7H2/t8-/m1/s1. The lowest BCUT2D eigenvalue weighted by Gasteiger charge is -2.36. The molecule has 0 aromatic rings. The van der Waals surface area contributed by atoms with Crippen LogP contribution in [0.2, 0.25) is 0 Å². The molecule has 0 aromatic heterocycles. The molecule has 1 amide bonds. The van der Waals surface area contributed by atoms with Crippen molar-refractivity contribution in [1.29, 1.82) is 0 Å². The molecule has 1 fully saturated rings. The van der Waals surface area contributed by atoms with Gasteiger partial charge in [-0.25, -0.2) is 0 Å². The van der Waals surface area contributed by atoms with Crippen molar-refractivity contribution in [1.82, 2.24) is 4.90 Å². The monoisotopic (exact) mass is 151 g/mol. The molecule has 2 heterocycles. The molecule has 2 nitrogen and oxygen atoms in total. The second-order valence-corrected chi connectivity index (χ2v) is 3.28. The smallest absolute Gasteiger partial charge is 0.226 e. The number of rotatable bonds is 0. The fourth-order valence-electron chi connectivity index (χ4n) is 1.91. The van der Waals surface area contributed by atoms with Crippen molar-refractivity contribution < 1.29 is 4.79 Å². The van der Waals surface area contributed by atoms with Gasteiger partial charge in [-0.05, 0) is 19.3 Å². The van der Waals surface area contributed by atoms with Gasteiger partial charge >= 0.3 is 0 Å². The topological polar surface area (TPSA) is 20.3 Å². The van der Waals surface area contributed by atoms with Gasteiger partial charge in [0.15, 0.2) is 0 Å². The Morgan fingerprint density at radius 2 is 2.36 bits per heavy atom. The van der Waals surface area contributed by atoms with Crippen LogP contribution in [0, 0.1) is 0 Å². The third-order valence-corrected chi connectivity index (χ3v) is 2.52. The number of amides is 1. The lowest BCUT2D eigenvalue weighted by Crippen LogP contribution is -2.44. The molecule has 2 aliphatic heterocycles. The van der Waals surface area contributed by atoms with Gasteiger partial charge in [-0.15, -0.1) is 0 Å².